The van der Waals surface area contributed by atoms with Gasteiger partial charge in [0.25, 0.3) is 0 Å². The quantitative estimate of drug-likeness (QED) is 0.616. The average Bonchev–Trinajstić information content (AvgIpc) is 3.04. The van der Waals surface area contributed by atoms with Crippen LogP contribution < -0.4 is 14.2 Å². The summed E-state index contributed by atoms with van der Waals surface area (Å²) in [7, 11) is 7.17. The second kappa shape index (κ2) is 7.15. The summed E-state index contributed by atoms with van der Waals surface area (Å²) in [6.45, 7) is 0. The molecule has 0 radical (unpaired) electrons. The molecule has 0 fully saturated rings. The lowest BCUT2D eigenvalue weighted by atomic mass is 10.1. The van der Waals surface area contributed by atoms with E-state index in [0.29, 0.717) is 23.3 Å². The van der Waals surface area contributed by atoms with Crippen molar-refractivity contribution in [1.29, 1.82) is 0 Å². The third kappa shape index (κ3) is 3.33. The highest BCUT2D eigenvalue weighted by Crippen LogP contribution is 2.37. The summed E-state index contributed by atoms with van der Waals surface area (Å²) in [5, 5.41) is 0. The highest BCUT2D eigenvalue weighted by molar-refractivity contribution is 5.97. The van der Waals surface area contributed by atoms with Gasteiger partial charge in [0.2, 0.25) is 0 Å². The number of esters is 1. The molecule has 0 N–H and O–H groups in total. The standard InChI is InChI=1S/C20H23NO4/c1-21(2)16-11-9-13-8-10-14(12-15(13)16)25-20(22)19-17(23-3)6-5-7-18(19)24-4/h5-8,10,12,16H,9,11H2,1-4H3/t16-/m1/s1. The first-order valence-corrected chi connectivity index (χ1v) is 8.27. The van der Waals surface area contributed by atoms with E-state index in [1.165, 1.54) is 25.3 Å². The number of rotatable bonds is 5. The van der Waals surface area contributed by atoms with Gasteiger partial charge in [-0.2, -0.15) is 0 Å². The van der Waals surface area contributed by atoms with Gasteiger partial charge in [-0.15, -0.1) is 0 Å². The number of carbonyl (C=O) groups is 1. The van der Waals surface area contributed by atoms with E-state index in [0.717, 1.165) is 12.8 Å². The van der Waals surface area contributed by atoms with Crippen LogP contribution in [0.25, 0.3) is 0 Å². The number of carbonyl (C=O) groups excluding carboxylic acids is 1. The van der Waals surface area contributed by atoms with E-state index in [1.807, 2.05) is 18.2 Å². The molecule has 0 saturated carbocycles. The Labute approximate surface area is 148 Å². The van der Waals surface area contributed by atoms with E-state index in [9.17, 15) is 4.79 Å². The smallest absolute Gasteiger partial charge is 0.351 e. The molecule has 0 heterocycles. The molecule has 3 rings (SSSR count). The maximum Gasteiger partial charge on any atom is 0.351 e. The van der Waals surface area contributed by atoms with Gasteiger partial charge in [-0.1, -0.05) is 12.1 Å². The Kier molecular flexibility index (Phi) is 4.95. The van der Waals surface area contributed by atoms with E-state index >= 15 is 0 Å². The molecule has 5 nitrogen and oxygen atoms in total. The van der Waals surface area contributed by atoms with Gasteiger partial charge in [-0.3, -0.25) is 0 Å². The van der Waals surface area contributed by atoms with Crippen LogP contribution in [0.2, 0.25) is 0 Å². The average molecular weight is 341 g/mol. The number of hydrogen-bond acceptors (Lipinski definition) is 5. The van der Waals surface area contributed by atoms with E-state index in [1.54, 1.807) is 18.2 Å². The summed E-state index contributed by atoms with van der Waals surface area (Å²) >= 11 is 0. The molecule has 1 aliphatic carbocycles. The van der Waals surface area contributed by atoms with Crippen molar-refractivity contribution in [1.82, 2.24) is 4.90 Å². The van der Waals surface area contributed by atoms with Gasteiger partial charge in [0, 0.05) is 6.04 Å². The molecule has 0 bridgehead atoms. The van der Waals surface area contributed by atoms with Crippen LogP contribution in [0.15, 0.2) is 36.4 Å². The van der Waals surface area contributed by atoms with Gasteiger partial charge in [0.05, 0.1) is 14.2 Å². The predicted octanol–water partition coefficient (Wildman–Crippen LogP) is 3.47. The number of ether oxygens (including phenoxy) is 3. The lowest BCUT2D eigenvalue weighted by molar-refractivity contribution is 0.0727. The van der Waals surface area contributed by atoms with Gasteiger partial charge < -0.3 is 19.1 Å². The number of hydrogen-bond donors (Lipinski definition) is 0. The van der Waals surface area contributed by atoms with Crippen LogP contribution in [-0.2, 0) is 6.42 Å². The van der Waals surface area contributed by atoms with Crippen LogP contribution >= 0.6 is 0 Å². The molecule has 2 aromatic carbocycles. The lowest BCUT2D eigenvalue weighted by Gasteiger charge is -2.20. The Hall–Kier alpha value is -2.53. The Morgan fingerprint density at radius 3 is 2.36 bits per heavy atom. The van der Waals surface area contributed by atoms with Gasteiger partial charge in [-0.25, -0.2) is 4.79 Å². The first-order valence-electron chi connectivity index (χ1n) is 8.27. The summed E-state index contributed by atoms with van der Waals surface area (Å²) in [5.74, 6) is 0.896. The maximum absolute atomic E-state index is 12.7. The molecule has 0 spiro atoms. The minimum Gasteiger partial charge on any atom is -0.496 e. The van der Waals surface area contributed by atoms with Crippen molar-refractivity contribution in [3.05, 3.63) is 53.1 Å². The van der Waals surface area contributed by atoms with Crippen LogP contribution in [0.1, 0.15) is 33.9 Å². The Bertz CT molecular complexity index is 763. The third-order valence-corrected chi connectivity index (χ3v) is 4.63. The van der Waals surface area contributed by atoms with Crippen molar-refractivity contribution >= 4 is 5.97 Å². The molecule has 132 valence electrons. The van der Waals surface area contributed by atoms with Crippen molar-refractivity contribution in [2.75, 3.05) is 28.3 Å². The Morgan fingerprint density at radius 2 is 1.76 bits per heavy atom. The molecule has 2 aromatic rings. The number of methoxy groups -OCH3 is 2. The van der Waals surface area contributed by atoms with Crippen LogP contribution in [0, 0.1) is 0 Å². The van der Waals surface area contributed by atoms with E-state index < -0.39 is 5.97 Å². The fourth-order valence-electron chi connectivity index (χ4n) is 3.37. The molecule has 0 aliphatic heterocycles. The Morgan fingerprint density at radius 1 is 1.08 bits per heavy atom. The van der Waals surface area contributed by atoms with Crippen molar-refractivity contribution in [3.63, 3.8) is 0 Å². The van der Waals surface area contributed by atoms with Gasteiger partial charge in [0.15, 0.2) is 0 Å². The van der Waals surface area contributed by atoms with E-state index in [-0.39, 0.29) is 5.56 Å². The van der Waals surface area contributed by atoms with Gasteiger partial charge in [0.1, 0.15) is 22.8 Å². The Balaban J connectivity index is 1.89. The minimum absolute atomic E-state index is 0.289. The topological polar surface area (TPSA) is 48.0 Å². The zero-order valence-electron chi connectivity index (χ0n) is 15.0. The van der Waals surface area contributed by atoms with Crippen LogP contribution in [0.4, 0.5) is 0 Å². The zero-order valence-corrected chi connectivity index (χ0v) is 15.0. The first-order chi connectivity index (χ1) is 12.0. The van der Waals surface area contributed by atoms with Crippen molar-refractivity contribution in [3.8, 4) is 17.2 Å². The van der Waals surface area contributed by atoms with Crippen LogP contribution in [0.3, 0.4) is 0 Å². The third-order valence-electron chi connectivity index (χ3n) is 4.63. The molecule has 0 aromatic heterocycles. The van der Waals surface area contributed by atoms with Crippen LogP contribution in [0.5, 0.6) is 17.2 Å². The molecular weight excluding hydrogens is 318 g/mol. The molecular formula is C20H23NO4. The molecule has 5 heteroatoms. The second-order valence-corrected chi connectivity index (χ2v) is 6.31. The van der Waals surface area contributed by atoms with Crippen molar-refractivity contribution in [2.45, 2.75) is 18.9 Å². The maximum atomic E-state index is 12.7. The summed E-state index contributed by atoms with van der Waals surface area (Å²) in [6, 6.07) is 11.4. The lowest BCUT2D eigenvalue weighted by Crippen LogP contribution is -2.17. The summed E-state index contributed by atoms with van der Waals surface area (Å²) in [5.41, 5.74) is 2.83. The highest BCUT2D eigenvalue weighted by atomic mass is 16.5. The normalized spacial score (nSPS) is 15.8. The molecule has 25 heavy (non-hydrogen) atoms. The van der Waals surface area contributed by atoms with Gasteiger partial charge in [-0.05, 0) is 62.3 Å². The molecule has 0 saturated heterocycles. The fraction of sp³-hybridized carbons (Fsp3) is 0.350. The van der Waals surface area contributed by atoms with Crippen LogP contribution in [-0.4, -0.2) is 39.2 Å². The summed E-state index contributed by atoms with van der Waals surface area (Å²) in [6.07, 6.45) is 2.13. The largest absolute Gasteiger partial charge is 0.496 e. The first kappa shape index (κ1) is 17.3. The van der Waals surface area contributed by atoms with E-state index in [2.05, 4.69) is 19.0 Å². The monoisotopic (exact) mass is 341 g/mol. The summed E-state index contributed by atoms with van der Waals surface area (Å²) in [4.78, 5) is 14.9. The number of nitrogens with zero attached hydrogens (tertiary/aromatic N) is 1. The second-order valence-electron chi connectivity index (χ2n) is 6.31. The van der Waals surface area contributed by atoms with Crippen molar-refractivity contribution in [2.24, 2.45) is 0 Å². The minimum atomic E-state index is -0.492. The number of benzene rings is 2. The fourth-order valence-corrected chi connectivity index (χ4v) is 3.37. The highest BCUT2D eigenvalue weighted by Gasteiger charge is 2.26. The molecule has 0 unspecified atom stereocenters. The molecule has 1 atom stereocenters. The molecule has 1 aliphatic rings. The van der Waals surface area contributed by atoms with Gasteiger partial charge >= 0.3 is 5.97 Å². The molecule has 0 amide bonds. The summed E-state index contributed by atoms with van der Waals surface area (Å²) < 4.78 is 16.2. The van der Waals surface area contributed by atoms with E-state index in [4.69, 9.17) is 14.2 Å². The van der Waals surface area contributed by atoms with Crippen molar-refractivity contribution < 1.29 is 19.0 Å². The SMILES string of the molecule is COc1cccc(OC)c1C(=O)Oc1ccc2c(c1)[C@H](N(C)C)CC2. The number of aryl methyl sites for hydroxylation is 1. The zero-order chi connectivity index (χ0) is 18.0. The predicted molar refractivity (Wildman–Crippen MR) is 95.7 cm³/mol. The number of fused-ring (bicyclic) bond motifs is 1.